The fourth-order valence-corrected chi connectivity index (χ4v) is 2.40. The zero-order valence-corrected chi connectivity index (χ0v) is 10.3. The summed E-state index contributed by atoms with van der Waals surface area (Å²) in [6, 6.07) is 5.82. The first-order valence-corrected chi connectivity index (χ1v) is 5.99. The van der Waals surface area contributed by atoms with Crippen molar-refractivity contribution in [2.75, 3.05) is 11.1 Å². The summed E-state index contributed by atoms with van der Waals surface area (Å²) in [5, 5.41) is 2.51. The van der Waals surface area contributed by atoms with E-state index in [1.807, 2.05) is 0 Å². The molecule has 1 atom stereocenters. The number of hydrogen-bond donors (Lipinski definition) is 3. The number of nitrogens with one attached hydrogen (secondary N) is 2. The average molecular weight is 274 g/mol. The van der Waals surface area contributed by atoms with E-state index in [1.165, 1.54) is 18.2 Å². The number of rotatable bonds is 1. The van der Waals surface area contributed by atoms with Crippen LogP contribution in [0.3, 0.4) is 0 Å². The summed E-state index contributed by atoms with van der Waals surface area (Å²) in [6.45, 7) is 0. The molecule has 0 saturated carbocycles. The third kappa shape index (κ3) is 2.03. The van der Waals surface area contributed by atoms with E-state index in [4.69, 9.17) is 5.73 Å². The largest absolute Gasteiger partial charge is 0.369 e. The highest BCUT2D eigenvalue weighted by Crippen LogP contribution is 2.33. The first-order chi connectivity index (χ1) is 9.54. The van der Waals surface area contributed by atoms with E-state index in [9.17, 15) is 14.0 Å². The van der Waals surface area contributed by atoms with Gasteiger partial charge in [-0.05, 0) is 17.7 Å². The van der Waals surface area contributed by atoms with Crippen LogP contribution in [0.15, 0.2) is 29.1 Å². The summed E-state index contributed by atoms with van der Waals surface area (Å²) >= 11 is 0. The zero-order chi connectivity index (χ0) is 14.3. The second-order valence-electron chi connectivity index (χ2n) is 4.57. The van der Waals surface area contributed by atoms with Gasteiger partial charge in [-0.15, -0.1) is 0 Å². The predicted octanol–water partition coefficient (Wildman–Crippen LogP) is 0.965. The number of nitrogen functional groups attached to an aromatic ring is 1. The van der Waals surface area contributed by atoms with Crippen molar-refractivity contribution in [2.45, 2.75) is 12.3 Å². The SMILES string of the molecule is Nc1nc2c(c(=O)[nH]1)[C@@H](c1cccc(F)c1)CC(=O)N2. The molecule has 20 heavy (non-hydrogen) atoms. The minimum atomic E-state index is -0.536. The van der Waals surface area contributed by atoms with Crippen LogP contribution in [0.2, 0.25) is 0 Å². The normalized spacial score (nSPS) is 17.4. The molecule has 0 aliphatic carbocycles. The molecule has 6 nitrogen and oxygen atoms in total. The van der Waals surface area contributed by atoms with Crippen LogP contribution >= 0.6 is 0 Å². The molecule has 0 radical (unpaired) electrons. The number of anilines is 2. The molecule has 0 saturated heterocycles. The fraction of sp³-hybridized carbons (Fsp3) is 0.154. The van der Waals surface area contributed by atoms with Crippen molar-refractivity contribution in [1.82, 2.24) is 9.97 Å². The number of hydrogen-bond acceptors (Lipinski definition) is 4. The van der Waals surface area contributed by atoms with Crippen LogP contribution in [0.5, 0.6) is 0 Å². The molecule has 1 aliphatic rings. The third-order valence-electron chi connectivity index (χ3n) is 3.22. The summed E-state index contributed by atoms with van der Waals surface area (Å²) in [5.74, 6) is -1.18. The van der Waals surface area contributed by atoms with Crippen LogP contribution in [-0.4, -0.2) is 15.9 Å². The highest BCUT2D eigenvalue weighted by atomic mass is 19.1. The molecule has 0 unspecified atom stereocenters. The minimum Gasteiger partial charge on any atom is -0.369 e. The van der Waals surface area contributed by atoms with E-state index in [0.717, 1.165) is 0 Å². The number of aromatic nitrogens is 2. The Morgan fingerprint density at radius 3 is 2.90 bits per heavy atom. The molecule has 4 N–H and O–H groups in total. The average Bonchev–Trinajstić information content (AvgIpc) is 2.36. The summed E-state index contributed by atoms with van der Waals surface area (Å²) < 4.78 is 13.3. The fourth-order valence-electron chi connectivity index (χ4n) is 2.40. The maximum Gasteiger partial charge on any atom is 0.258 e. The van der Waals surface area contributed by atoms with Crippen LogP contribution < -0.4 is 16.6 Å². The number of nitrogens with two attached hydrogens (primary N) is 1. The molecular weight excluding hydrogens is 263 g/mol. The van der Waals surface area contributed by atoms with Crippen molar-refractivity contribution in [1.29, 1.82) is 0 Å². The van der Waals surface area contributed by atoms with Gasteiger partial charge in [0, 0.05) is 12.3 Å². The lowest BCUT2D eigenvalue weighted by Gasteiger charge is -2.24. The Bertz CT molecular complexity index is 756. The Morgan fingerprint density at radius 1 is 1.35 bits per heavy atom. The maximum absolute atomic E-state index is 13.3. The van der Waals surface area contributed by atoms with Crippen molar-refractivity contribution < 1.29 is 9.18 Å². The van der Waals surface area contributed by atoms with Crippen molar-refractivity contribution >= 4 is 17.7 Å². The van der Waals surface area contributed by atoms with Crippen LogP contribution in [0.25, 0.3) is 0 Å². The lowest BCUT2D eigenvalue weighted by molar-refractivity contribution is -0.116. The second-order valence-corrected chi connectivity index (χ2v) is 4.57. The summed E-state index contributed by atoms with van der Waals surface area (Å²) in [7, 11) is 0. The number of halogens is 1. The van der Waals surface area contributed by atoms with Crippen LogP contribution in [0.4, 0.5) is 16.2 Å². The van der Waals surface area contributed by atoms with Gasteiger partial charge in [0.2, 0.25) is 11.9 Å². The zero-order valence-electron chi connectivity index (χ0n) is 10.3. The number of carbonyl (C=O) groups is 1. The van der Waals surface area contributed by atoms with Gasteiger partial charge >= 0.3 is 0 Å². The van der Waals surface area contributed by atoms with E-state index in [-0.39, 0.29) is 24.1 Å². The number of benzene rings is 1. The highest BCUT2D eigenvalue weighted by molar-refractivity contribution is 5.94. The molecule has 1 aliphatic heterocycles. The van der Waals surface area contributed by atoms with E-state index < -0.39 is 17.3 Å². The topological polar surface area (TPSA) is 101 Å². The van der Waals surface area contributed by atoms with Gasteiger partial charge in [0.05, 0.1) is 5.56 Å². The van der Waals surface area contributed by atoms with Crippen LogP contribution in [0, 0.1) is 5.82 Å². The molecule has 7 heteroatoms. The lowest BCUT2D eigenvalue weighted by Crippen LogP contribution is -2.31. The minimum absolute atomic E-state index is 0.0606. The van der Waals surface area contributed by atoms with Crippen LogP contribution in [0.1, 0.15) is 23.5 Å². The Balaban J connectivity index is 2.20. The van der Waals surface area contributed by atoms with E-state index >= 15 is 0 Å². The standard InChI is InChI=1S/C13H11FN4O2/c14-7-3-1-2-6(4-7)8-5-9(19)16-11-10(8)12(20)18-13(15)17-11/h1-4,8H,5H2,(H4,15,16,17,18,19,20)/t8-/m1/s1. The lowest BCUT2D eigenvalue weighted by atomic mass is 9.87. The Kier molecular flexibility index (Phi) is 2.74. The van der Waals surface area contributed by atoms with Gasteiger partial charge in [0.1, 0.15) is 11.6 Å². The molecular formula is C13H11FN4O2. The van der Waals surface area contributed by atoms with Gasteiger partial charge in [0.25, 0.3) is 5.56 Å². The maximum atomic E-state index is 13.3. The summed E-state index contributed by atoms with van der Waals surface area (Å²) in [4.78, 5) is 30.1. The van der Waals surface area contributed by atoms with Gasteiger partial charge in [0.15, 0.2) is 0 Å². The molecule has 0 spiro atoms. The first-order valence-electron chi connectivity index (χ1n) is 5.99. The quantitative estimate of drug-likeness (QED) is 0.721. The summed E-state index contributed by atoms with van der Waals surface area (Å²) in [5.41, 5.74) is 5.88. The third-order valence-corrected chi connectivity index (χ3v) is 3.22. The van der Waals surface area contributed by atoms with Crippen LogP contribution in [-0.2, 0) is 4.79 Å². The molecule has 1 aromatic heterocycles. The molecule has 102 valence electrons. The summed E-state index contributed by atoms with van der Waals surface area (Å²) in [6.07, 6.45) is 0.0606. The van der Waals surface area contributed by atoms with Crippen molar-refractivity contribution in [3.63, 3.8) is 0 Å². The predicted molar refractivity (Wildman–Crippen MR) is 70.8 cm³/mol. The van der Waals surface area contributed by atoms with Gasteiger partial charge in [-0.2, -0.15) is 4.98 Å². The molecule has 2 aromatic rings. The molecule has 2 heterocycles. The monoisotopic (exact) mass is 274 g/mol. The van der Waals surface area contributed by atoms with Crippen molar-refractivity contribution in [3.8, 4) is 0 Å². The van der Waals surface area contributed by atoms with Crippen molar-refractivity contribution in [3.05, 3.63) is 51.6 Å². The molecule has 1 aromatic carbocycles. The number of H-pyrrole nitrogens is 1. The van der Waals surface area contributed by atoms with Gasteiger partial charge < -0.3 is 11.1 Å². The van der Waals surface area contributed by atoms with Crippen molar-refractivity contribution in [2.24, 2.45) is 0 Å². The number of aromatic amines is 1. The first kappa shape index (κ1) is 12.3. The Hall–Kier alpha value is -2.70. The molecule has 0 bridgehead atoms. The molecule has 1 amide bonds. The molecule has 3 rings (SSSR count). The van der Waals surface area contributed by atoms with E-state index in [1.54, 1.807) is 6.07 Å². The van der Waals surface area contributed by atoms with Gasteiger partial charge in [-0.3, -0.25) is 14.6 Å². The number of carbonyl (C=O) groups excluding carboxylic acids is 1. The van der Waals surface area contributed by atoms with Gasteiger partial charge in [-0.25, -0.2) is 4.39 Å². The number of amides is 1. The Labute approximate surface area is 112 Å². The number of fused-ring (bicyclic) bond motifs is 1. The van der Waals surface area contributed by atoms with Gasteiger partial charge in [-0.1, -0.05) is 12.1 Å². The van der Waals surface area contributed by atoms with E-state index in [0.29, 0.717) is 11.1 Å². The highest BCUT2D eigenvalue weighted by Gasteiger charge is 2.30. The number of nitrogens with zero attached hydrogens (tertiary/aromatic N) is 1. The smallest absolute Gasteiger partial charge is 0.258 e. The Morgan fingerprint density at radius 2 is 2.15 bits per heavy atom. The molecule has 0 fully saturated rings. The van der Waals surface area contributed by atoms with E-state index in [2.05, 4.69) is 15.3 Å². The second kappa shape index (κ2) is 4.44.